The van der Waals surface area contributed by atoms with E-state index >= 15 is 0 Å². The number of hydrogen-bond donors (Lipinski definition) is 3. The van der Waals surface area contributed by atoms with Crippen LogP contribution in [0.4, 0.5) is 5.82 Å². The first-order valence-electron chi connectivity index (χ1n) is 5.20. The summed E-state index contributed by atoms with van der Waals surface area (Å²) in [4.78, 5) is 19.7. The summed E-state index contributed by atoms with van der Waals surface area (Å²) in [6.45, 7) is 1.86. The van der Waals surface area contributed by atoms with Gasteiger partial charge in [0.05, 0.1) is 6.54 Å². The molecule has 0 unspecified atom stereocenters. The summed E-state index contributed by atoms with van der Waals surface area (Å²) in [5.74, 6) is 6.14. The van der Waals surface area contributed by atoms with Crippen molar-refractivity contribution in [2.45, 2.75) is 13.5 Å². The zero-order valence-corrected chi connectivity index (χ0v) is 9.67. The lowest BCUT2D eigenvalue weighted by Crippen LogP contribution is -2.24. The number of hydrazine groups is 1. The molecule has 0 bridgehead atoms. The predicted molar refractivity (Wildman–Crippen MR) is 62.3 cm³/mol. The Bertz CT molecular complexity index is 553. The van der Waals surface area contributed by atoms with Gasteiger partial charge in [0.1, 0.15) is 11.5 Å². The minimum Gasteiger partial charge on any atom is -0.342 e. The molecule has 0 spiro atoms. The van der Waals surface area contributed by atoms with Crippen molar-refractivity contribution in [1.29, 1.82) is 0 Å². The number of carbonyl (C=O) groups is 1. The standard InChI is InChI=1S/C10H12N6O2/c1-6-13-9(18-16-6)5-12-10(17)7-3-2-4-8(14-7)15-11/h2-4H,5,11H2,1H3,(H,12,17)(H,14,15). The van der Waals surface area contributed by atoms with E-state index in [1.807, 2.05) is 0 Å². The average Bonchev–Trinajstić information content (AvgIpc) is 2.82. The second kappa shape index (κ2) is 5.23. The zero-order valence-electron chi connectivity index (χ0n) is 9.67. The van der Waals surface area contributed by atoms with Gasteiger partial charge in [-0.2, -0.15) is 4.98 Å². The quantitative estimate of drug-likeness (QED) is 0.514. The SMILES string of the molecule is Cc1noc(CNC(=O)c2cccc(NN)n2)n1. The van der Waals surface area contributed by atoms with Crippen LogP contribution in [0, 0.1) is 6.92 Å². The van der Waals surface area contributed by atoms with E-state index in [0.29, 0.717) is 17.5 Å². The zero-order chi connectivity index (χ0) is 13.0. The van der Waals surface area contributed by atoms with Crippen molar-refractivity contribution in [2.75, 3.05) is 5.43 Å². The highest BCUT2D eigenvalue weighted by molar-refractivity contribution is 5.92. The molecule has 4 N–H and O–H groups in total. The first-order chi connectivity index (χ1) is 8.69. The van der Waals surface area contributed by atoms with Gasteiger partial charge in [0.2, 0.25) is 5.89 Å². The number of amides is 1. The topological polar surface area (TPSA) is 119 Å². The van der Waals surface area contributed by atoms with Crippen molar-refractivity contribution in [3.63, 3.8) is 0 Å². The molecule has 0 atom stereocenters. The van der Waals surface area contributed by atoms with Gasteiger partial charge in [-0.15, -0.1) is 0 Å². The van der Waals surface area contributed by atoms with E-state index in [0.717, 1.165) is 0 Å². The molecular formula is C10H12N6O2. The van der Waals surface area contributed by atoms with Crippen molar-refractivity contribution in [3.05, 3.63) is 35.6 Å². The van der Waals surface area contributed by atoms with Crippen LogP contribution in [0.1, 0.15) is 22.2 Å². The Kier molecular flexibility index (Phi) is 3.49. The molecule has 8 nitrogen and oxygen atoms in total. The molecule has 0 radical (unpaired) electrons. The lowest BCUT2D eigenvalue weighted by Gasteiger charge is -2.03. The molecule has 0 aromatic carbocycles. The summed E-state index contributed by atoms with van der Waals surface area (Å²) >= 11 is 0. The highest BCUT2D eigenvalue weighted by Crippen LogP contribution is 2.03. The fourth-order valence-electron chi connectivity index (χ4n) is 1.30. The van der Waals surface area contributed by atoms with Gasteiger partial charge in [-0.1, -0.05) is 11.2 Å². The molecule has 2 aromatic rings. The second-order valence-corrected chi connectivity index (χ2v) is 3.47. The number of nitrogen functional groups attached to an aromatic ring is 1. The molecule has 0 saturated heterocycles. The van der Waals surface area contributed by atoms with Crippen molar-refractivity contribution < 1.29 is 9.32 Å². The van der Waals surface area contributed by atoms with Gasteiger partial charge in [0, 0.05) is 0 Å². The Morgan fingerprint density at radius 2 is 2.28 bits per heavy atom. The molecule has 0 aliphatic carbocycles. The van der Waals surface area contributed by atoms with Crippen LogP contribution in [0.3, 0.4) is 0 Å². The summed E-state index contributed by atoms with van der Waals surface area (Å²) in [6, 6.07) is 4.90. The number of hydrogen-bond acceptors (Lipinski definition) is 7. The van der Waals surface area contributed by atoms with Crippen LogP contribution >= 0.6 is 0 Å². The van der Waals surface area contributed by atoms with Crippen LogP contribution in [0.25, 0.3) is 0 Å². The number of aromatic nitrogens is 3. The minimum absolute atomic E-state index is 0.154. The number of nitrogens with one attached hydrogen (secondary N) is 2. The molecule has 2 heterocycles. The molecule has 2 rings (SSSR count). The number of pyridine rings is 1. The molecule has 0 aliphatic rings. The van der Waals surface area contributed by atoms with Gasteiger partial charge in [-0.3, -0.25) is 4.79 Å². The lowest BCUT2D eigenvalue weighted by molar-refractivity contribution is 0.0941. The number of anilines is 1. The fourth-order valence-corrected chi connectivity index (χ4v) is 1.30. The molecule has 1 amide bonds. The number of nitrogens with zero attached hydrogens (tertiary/aromatic N) is 3. The van der Waals surface area contributed by atoms with Crippen LogP contribution in [-0.2, 0) is 6.54 Å². The van der Waals surface area contributed by atoms with Crippen LogP contribution in [0.15, 0.2) is 22.7 Å². The lowest BCUT2D eigenvalue weighted by atomic mass is 10.3. The van der Waals surface area contributed by atoms with Crippen LogP contribution in [-0.4, -0.2) is 21.0 Å². The smallest absolute Gasteiger partial charge is 0.270 e. The Balaban J connectivity index is 1.99. The highest BCUT2D eigenvalue weighted by Gasteiger charge is 2.09. The van der Waals surface area contributed by atoms with Crippen molar-refractivity contribution in [1.82, 2.24) is 20.4 Å². The third-order valence-corrected chi connectivity index (χ3v) is 2.10. The summed E-state index contributed by atoms with van der Waals surface area (Å²) in [5, 5.41) is 6.23. The molecular weight excluding hydrogens is 236 g/mol. The minimum atomic E-state index is -0.344. The molecule has 18 heavy (non-hydrogen) atoms. The predicted octanol–water partition coefficient (Wildman–Crippen LogP) is -0.0114. The van der Waals surface area contributed by atoms with Gasteiger partial charge in [-0.25, -0.2) is 10.8 Å². The molecule has 94 valence electrons. The normalized spacial score (nSPS) is 10.1. The van der Waals surface area contributed by atoms with Gasteiger partial charge in [-0.05, 0) is 19.1 Å². The number of carbonyl (C=O) groups excluding carboxylic acids is 1. The fraction of sp³-hybridized carbons (Fsp3) is 0.200. The number of nitrogens with two attached hydrogens (primary N) is 1. The largest absolute Gasteiger partial charge is 0.342 e. The van der Waals surface area contributed by atoms with Crippen LogP contribution < -0.4 is 16.6 Å². The van der Waals surface area contributed by atoms with E-state index in [9.17, 15) is 4.79 Å². The molecule has 0 fully saturated rings. The van der Waals surface area contributed by atoms with Crippen molar-refractivity contribution in [2.24, 2.45) is 5.84 Å². The monoisotopic (exact) mass is 248 g/mol. The van der Waals surface area contributed by atoms with E-state index in [1.165, 1.54) is 0 Å². The Hall–Kier alpha value is -2.48. The van der Waals surface area contributed by atoms with Crippen molar-refractivity contribution >= 4 is 11.7 Å². The Morgan fingerprint density at radius 3 is 2.94 bits per heavy atom. The highest BCUT2D eigenvalue weighted by atomic mass is 16.5. The summed E-state index contributed by atoms with van der Waals surface area (Å²) in [6.07, 6.45) is 0. The summed E-state index contributed by atoms with van der Waals surface area (Å²) in [7, 11) is 0. The molecule has 0 aliphatic heterocycles. The maximum atomic E-state index is 11.8. The van der Waals surface area contributed by atoms with E-state index in [-0.39, 0.29) is 18.1 Å². The van der Waals surface area contributed by atoms with Gasteiger partial charge in [0.15, 0.2) is 5.82 Å². The van der Waals surface area contributed by atoms with Gasteiger partial charge >= 0.3 is 0 Å². The number of rotatable bonds is 4. The van der Waals surface area contributed by atoms with E-state index in [1.54, 1.807) is 25.1 Å². The summed E-state index contributed by atoms with van der Waals surface area (Å²) < 4.78 is 4.87. The maximum Gasteiger partial charge on any atom is 0.270 e. The Morgan fingerprint density at radius 1 is 1.44 bits per heavy atom. The molecule has 2 aromatic heterocycles. The number of aryl methyl sites for hydroxylation is 1. The van der Waals surface area contributed by atoms with E-state index in [4.69, 9.17) is 10.4 Å². The summed E-state index contributed by atoms with van der Waals surface area (Å²) in [5.41, 5.74) is 2.62. The first kappa shape index (κ1) is 12.0. The van der Waals surface area contributed by atoms with Crippen LogP contribution in [0.2, 0.25) is 0 Å². The van der Waals surface area contributed by atoms with Crippen LogP contribution in [0.5, 0.6) is 0 Å². The first-order valence-corrected chi connectivity index (χ1v) is 5.20. The Labute approximate surface area is 103 Å². The van der Waals surface area contributed by atoms with Crippen molar-refractivity contribution in [3.8, 4) is 0 Å². The average molecular weight is 248 g/mol. The van der Waals surface area contributed by atoms with E-state index < -0.39 is 0 Å². The van der Waals surface area contributed by atoms with Gasteiger partial charge < -0.3 is 15.3 Å². The molecule has 8 heteroatoms. The molecule has 0 saturated carbocycles. The second-order valence-electron chi connectivity index (χ2n) is 3.47. The third-order valence-electron chi connectivity index (χ3n) is 2.10. The van der Waals surface area contributed by atoms with Gasteiger partial charge in [0.25, 0.3) is 5.91 Å². The maximum absolute atomic E-state index is 11.8. The van der Waals surface area contributed by atoms with E-state index in [2.05, 4.69) is 25.9 Å². The third kappa shape index (κ3) is 2.80.